The minimum absolute atomic E-state index is 0.543. The van der Waals surface area contributed by atoms with Crippen LogP contribution in [0.2, 0.25) is 0 Å². The normalized spacial score (nSPS) is 10.3. The van der Waals surface area contributed by atoms with Crippen molar-refractivity contribution in [2.75, 3.05) is 0 Å². The van der Waals surface area contributed by atoms with E-state index in [0.717, 1.165) is 3.57 Å². The van der Waals surface area contributed by atoms with Gasteiger partial charge in [-0.05, 0) is 29.5 Å². The van der Waals surface area contributed by atoms with Gasteiger partial charge in [0.1, 0.15) is 12.2 Å². The van der Waals surface area contributed by atoms with Gasteiger partial charge in [-0.15, -0.1) is 5.10 Å². The molecular formula is C7H6IN5. The van der Waals surface area contributed by atoms with Gasteiger partial charge in [-0.2, -0.15) is 4.68 Å². The summed E-state index contributed by atoms with van der Waals surface area (Å²) in [6.07, 6.45) is 5.07. The van der Waals surface area contributed by atoms with Gasteiger partial charge in [0.15, 0.2) is 0 Å². The van der Waals surface area contributed by atoms with Crippen molar-refractivity contribution in [3.05, 3.63) is 28.1 Å². The Morgan fingerprint density at radius 2 is 1.92 bits per heavy atom. The molecule has 0 saturated carbocycles. The molecule has 0 unspecified atom stereocenters. The quantitative estimate of drug-likeness (QED) is 0.733. The first-order chi connectivity index (χ1) is 6.25. The summed E-state index contributed by atoms with van der Waals surface area (Å²) in [5.41, 5.74) is 0. The molecule has 0 fully saturated rings. The maximum atomic E-state index is 4.10. The van der Waals surface area contributed by atoms with Gasteiger partial charge in [0.05, 0.1) is 0 Å². The molecule has 5 nitrogen and oxygen atoms in total. The lowest BCUT2D eigenvalue weighted by atomic mass is 10.7. The Balaban J connectivity index is 2.41. The molecule has 0 aliphatic rings. The molecule has 2 aromatic heterocycles. The zero-order valence-corrected chi connectivity index (χ0v) is 9.00. The van der Waals surface area contributed by atoms with E-state index >= 15 is 0 Å². The second-order valence-electron chi connectivity index (χ2n) is 2.44. The van der Waals surface area contributed by atoms with Crippen LogP contribution in [0.5, 0.6) is 0 Å². The summed E-state index contributed by atoms with van der Waals surface area (Å²) in [5, 5.41) is 4.09. The highest BCUT2D eigenvalue weighted by Crippen LogP contribution is 2.02. The zero-order chi connectivity index (χ0) is 9.26. The lowest BCUT2D eigenvalue weighted by Gasteiger charge is -1.96. The molecule has 0 amide bonds. The van der Waals surface area contributed by atoms with Crippen molar-refractivity contribution in [1.82, 2.24) is 24.7 Å². The lowest BCUT2D eigenvalue weighted by molar-refractivity contribution is 0.795. The molecule has 2 heterocycles. The molecular weight excluding hydrogens is 281 g/mol. The molecule has 0 bridgehead atoms. The summed E-state index contributed by atoms with van der Waals surface area (Å²) in [6.45, 7) is 1.82. The SMILES string of the molecule is Cc1ncn(-c2ncc(I)cn2)n1. The standard InChI is InChI=1S/C7H6IN5/c1-5-11-4-13(12-5)7-9-2-6(8)3-10-7/h2-4H,1H3. The summed E-state index contributed by atoms with van der Waals surface area (Å²) in [7, 11) is 0. The fraction of sp³-hybridized carbons (Fsp3) is 0.143. The van der Waals surface area contributed by atoms with E-state index in [4.69, 9.17) is 0 Å². The van der Waals surface area contributed by atoms with Crippen molar-refractivity contribution in [1.29, 1.82) is 0 Å². The van der Waals surface area contributed by atoms with Crippen LogP contribution in [-0.2, 0) is 0 Å². The zero-order valence-electron chi connectivity index (χ0n) is 6.85. The van der Waals surface area contributed by atoms with Crippen LogP contribution >= 0.6 is 22.6 Å². The topological polar surface area (TPSA) is 56.5 Å². The van der Waals surface area contributed by atoms with Gasteiger partial charge in [-0.3, -0.25) is 0 Å². The maximum absolute atomic E-state index is 4.10. The first-order valence-corrected chi connectivity index (χ1v) is 4.70. The van der Waals surface area contributed by atoms with Gasteiger partial charge < -0.3 is 0 Å². The Hall–Kier alpha value is -1.05. The number of rotatable bonds is 1. The van der Waals surface area contributed by atoms with Gasteiger partial charge in [0, 0.05) is 16.0 Å². The van der Waals surface area contributed by atoms with Crippen LogP contribution in [0.3, 0.4) is 0 Å². The molecule has 0 N–H and O–H groups in total. The number of aryl methyl sites for hydroxylation is 1. The van der Waals surface area contributed by atoms with Gasteiger partial charge in [-0.1, -0.05) is 0 Å². The Labute approximate surface area is 88.4 Å². The van der Waals surface area contributed by atoms with Crippen molar-refractivity contribution in [3.63, 3.8) is 0 Å². The molecule has 0 spiro atoms. The van der Waals surface area contributed by atoms with Crippen LogP contribution in [0.15, 0.2) is 18.7 Å². The average molecular weight is 287 g/mol. The summed E-state index contributed by atoms with van der Waals surface area (Å²) < 4.78 is 2.55. The Morgan fingerprint density at radius 3 is 2.46 bits per heavy atom. The van der Waals surface area contributed by atoms with Crippen molar-refractivity contribution in [3.8, 4) is 5.95 Å². The molecule has 2 aromatic rings. The molecule has 0 atom stereocenters. The van der Waals surface area contributed by atoms with Crippen molar-refractivity contribution < 1.29 is 0 Å². The highest BCUT2D eigenvalue weighted by molar-refractivity contribution is 14.1. The number of hydrogen-bond acceptors (Lipinski definition) is 4. The third kappa shape index (κ3) is 1.82. The third-order valence-electron chi connectivity index (χ3n) is 1.42. The van der Waals surface area contributed by atoms with Crippen LogP contribution in [0.25, 0.3) is 5.95 Å². The third-order valence-corrected chi connectivity index (χ3v) is 1.98. The second kappa shape index (κ2) is 3.36. The number of halogens is 1. The summed E-state index contributed by atoms with van der Waals surface area (Å²) in [4.78, 5) is 12.2. The summed E-state index contributed by atoms with van der Waals surface area (Å²) in [6, 6.07) is 0. The number of hydrogen-bond donors (Lipinski definition) is 0. The highest BCUT2D eigenvalue weighted by atomic mass is 127. The van der Waals surface area contributed by atoms with E-state index in [1.807, 2.05) is 6.92 Å². The molecule has 0 saturated heterocycles. The summed E-state index contributed by atoms with van der Waals surface area (Å²) in [5.74, 6) is 1.25. The van der Waals surface area contributed by atoms with E-state index < -0.39 is 0 Å². The first-order valence-electron chi connectivity index (χ1n) is 3.62. The molecule has 66 valence electrons. The number of aromatic nitrogens is 5. The predicted octanol–water partition coefficient (Wildman–Crippen LogP) is 0.970. The van der Waals surface area contributed by atoms with E-state index in [1.54, 1.807) is 23.4 Å². The Kier molecular flexibility index (Phi) is 2.21. The second-order valence-corrected chi connectivity index (χ2v) is 3.68. The smallest absolute Gasteiger partial charge is 0.220 e. The molecule has 6 heteroatoms. The van der Waals surface area contributed by atoms with Crippen LogP contribution in [-0.4, -0.2) is 24.7 Å². The molecule has 0 aromatic carbocycles. The van der Waals surface area contributed by atoms with Crippen LogP contribution in [0.4, 0.5) is 0 Å². The van der Waals surface area contributed by atoms with Gasteiger partial charge in [-0.25, -0.2) is 15.0 Å². The molecule has 13 heavy (non-hydrogen) atoms. The first kappa shape index (κ1) is 8.54. The highest BCUT2D eigenvalue weighted by Gasteiger charge is 2.00. The minimum Gasteiger partial charge on any atom is -0.220 e. The molecule has 0 aliphatic carbocycles. The van der Waals surface area contributed by atoms with Gasteiger partial charge in [0.25, 0.3) is 5.95 Å². The molecule has 0 aliphatic heterocycles. The number of nitrogens with zero attached hydrogens (tertiary/aromatic N) is 5. The fourth-order valence-corrected chi connectivity index (χ4v) is 1.14. The van der Waals surface area contributed by atoms with Gasteiger partial charge >= 0.3 is 0 Å². The predicted molar refractivity (Wildman–Crippen MR) is 54.4 cm³/mol. The molecule has 2 rings (SSSR count). The van der Waals surface area contributed by atoms with Crippen LogP contribution in [0.1, 0.15) is 5.82 Å². The Morgan fingerprint density at radius 1 is 1.23 bits per heavy atom. The Bertz CT molecular complexity index is 407. The van der Waals surface area contributed by atoms with Gasteiger partial charge in [0.2, 0.25) is 0 Å². The van der Waals surface area contributed by atoms with Crippen molar-refractivity contribution in [2.45, 2.75) is 6.92 Å². The average Bonchev–Trinajstić information content (AvgIpc) is 2.53. The monoisotopic (exact) mass is 287 g/mol. The molecule has 0 radical (unpaired) electrons. The van der Waals surface area contributed by atoms with E-state index in [0.29, 0.717) is 11.8 Å². The maximum Gasteiger partial charge on any atom is 0.252 e. The van der Waals surface area contributed by atoms with Crippen molar-refractivity contribution in [2.24, 2.45) is 0 Å². The fourth-order valence-electron chi connectivity index (χ4n) is 0.866. The van der Waals surface area contributed by atoms with E-state index in [9.17, 15) is 0 Å². The van der Waals surface area contributed by atoms with Crippen LogP contribution in [0, 0.1) is 10.5 Å². The summed E-state index contributed by atoms with van der Waals surface area (Å²) >= 11 is 2.15. The lowest BCUT2D eigenvalue weighted by Crippen LogP contribution is -2.01. The largest absolute Gasteiger partial charge is 0.252 e. The van der Waals surface area contributed by atoms with E-state index in [1.165, 1.54) is 0 Å². The van der Waals surface area contributed by atoms with Crippen LogP contribution < -0.4 is 0 Å². The van der Waals surface area contributed by atoms with Crippen molar-refractivity contribution >= 4 is 22.6 Å². The van der Waals surface area contributed by atoms with E-state index in [-0.39, 0.29) is 0 Å². The van der Waals surface area contributed by atoms with E-state index in [2.05, 4.69) is 42.6 Å². The minimum atomic E-state index is 0.543.